The molecule has 0 aromatic heterocycles. The lowest BCUT2D eigenvalue weighted by atomic mass is 10.0. The second-order valence-electron chi connectivity index (χ2n) is 12.0. The van der Waals surface area contributed by atoms with Crippen molar-refractivity contribution in [3.63, 3.8) is 0 Å². The summed E-state index contributed by atoms with van der Waals surface area (Å²) in [6.45, 7) is 5.73. The first-order valence-corrected chi connectivity index (χ1v) is 18.7. The lowest BCUT2D eigenvalue weighted by Gasteiger charge is -2.35. The van der Waals surface area contributed by atoms with E-state index in [2.05, 4.69) is 4.72 Å². The fourth-order valence-electron chi connectivity index (χ4n) is 5.39. The van der Waals surface area contributed by atoms with Crippen molar-refractivity contribution < 1.29 is 36.2 Å². The van der Waals surface area contributed by atoms with Gasteiger partial charge in [-0.25, -0.2) is 16.8 Å². The highest BCUT2D eigenvalue weighted by Crippen LogP contribution is 2.30. The number of carbonyl (C=O) groups excluding carboxylic acids is 1. The van der Waals surface area contributed by atoms with Crippen molar-refractivity contribution >= 4 is 31.6 Å². The molecule has 1 heterocycles. The summed E-state index contributed by atoms with van der Waals surface area (Å²) >= 11 is 0. The van der Waals surface area contributed by atoms with Crippen LogP contribution in [0.25, 0.3) is 0 Å². The summed E-state index contributed by atoms with van der Waals surface area (Å²) in [5.41, 5.74) is 0.313. The van der Waals surface area contributed by atoms with Gasteiger partial charge >= 0.3 is 0 Å². The van der Waals surface area contributed by atoms with Crippen molar-refractivity contribution in [2.75, 3.05) is 38.1 Å². The van der Waals surface area contributed by atoms with Gasteiger partial charge in [-0.2, -0.15) is 4.31 Å². The molecule has 0 saturated heterocycles. The molecule has 3 aromatic rings. The van der Waals surface area contributed by atoms with E-state index >= 15 is 0 Å². The molecule has 0 radical (unpaired) electrons. The van der Waals surface area contributed by atoms with Crippen LogP contribution < -0.4 is 9.46 Å². The van der Waals surface area contributed by atoms with Crippen LogP contribution in [0.15, 0.2) is 88.7 Å². The van der Waals surface area contributed by atoms with Gasteiger partial charge in [0.15, 0.2) is 0 Å². The molecule has 3 aromatic carbocycles. The molecule has 13 heteroatoms. The Morgan fingerprint density at radius 1 is 0.957 bits per heavy atom. The first kappa shape index (κ1) is 36.3. The number of likely N-dealkylation sites (N-methyl/N-ethyl adjacent to an activating group) is 1. The SMILES string of the molecule is C[C@H](CO)N1C[C@H](C)[C@H](CN(C)S(=O)(=O)c2ccccc2)OCCCC[C@H](C)Oc2ccc(NS(=O)(=O)c3ccccc3)cc2C1=O. The Bertz CT molecular complexity index is 1690. The minimum atomic E-state index is -3.94. The second kappa shape index (κ2) is 16.1. The Hall–Kier alpha value is -3.49. The fourth-order valence-corrected chi connectivity index (χ4v) is 7.66. The number of rotatable bonds is 9. The van der Waals surface area contributed by atoms with E-state index in [-0.39, 0.29) is 52.8 Å². The maximum atomic E-state index is 14.3. The molecular weight excluding hydrogens is 643 g/mol. The molecular formula is C34H45N3O8S2. The number of ether oxygens (including phenoxy) is 2. The Kier molecular flexibility index (Phi) is 12.4. The average molecular weight is 688 g/mol. The van der Waals surface area contributed by atoms with Crippen LogP contribution in [0.3, 0.4) is 0 Å². The van der Waals surface area contributed by atoms with Gasteiger partial charge in [-0.3, -0.25) is 9.52 Å². The van der Waals surface area contributed by atoms with Gasteiger partial charge in [0.25, 0.3) is 15.9 Å². The third kappa shape index (κ3) is 9.32. The van der Waals surface area contributed by atoms with Crippen LogP contribution in [0.4, 0.5) is 5.69 Å². The Labute approximate surface area is 278 Å². The van der Waals surface area contributed by atoms with E-state index in [0.29, 0.717) is 18.8 Å². The highest BCUT2D eigenvalue weighted by molar-refractivity contribution is 7.92. The van der Waals surface area contributed by atoms with E-state index in [1.54, 1.807) is 67.6 Å². The lowest BCUT2D eigenvalue weighted by molar-refractivity contribution is -0.00833. The van der Waals surface area contributed by atoms with Gasteiger partial charge in [-0.05, 0) is 75.6 Å². The molecule has 47 heavy (non-hydrogen) atoms. The van der Waals surface area contributed by atoms with E-state index in [9.17, 15) is 26.7 Å². The topological polar surface area (TPSA) is 143 Å². The molecule has 0 spiro atoms. The number of amides is 1. The number of hydrogen-bond acceptors (Lipinski definition) is 8. The third-order valence-electron chi connectivity index (χ3n) is 8.25. The van der Waals surface area contributed by atoms with Gasteiger partial charge < -0.3 is 19.5 Å². The molecule has 2 N–H and O–H groups in total. The first-order valence-electron chi connectivity index (χ1n) is 15.8. The number of nitrogens with one attached hydrogen (secondary N) is 1. The van der Waals surface area contributed by atoms with E-state index < -0.39 is 38.1 Å². The van der Waals surface area contributed by atoms with Gasteiger partial charge in [0.1, 0.15) is 5.75 Å². The minimum Gasteiger partial charge on any atom is -0.490 e. The monoisotopic (exact) mass is 687 g/mol. The van der Waals surface area contributed by atoms with E-state index in [1.165, 1.54) is 34.5 Å². The zero-order chi connectivity index (χ0) is 34.2. The maximum absolute atomic E-state index is 14.3. The molecule has 1 aliphatic heterocycles. The summed E-state index contributed by atoms with van der Waals surface area (Å²) in [4.78, 5) is 16.1. The molecule has 0 unspecified atom stereocenters. The summed E-state index contributed by atoms with van der Waals surface area (Å²) in [5, 5.41) is 10.2. The van der Waals surface area contributed by atoms with Crippen LogP contribution >= 0.6 is 0 Å². The molecule has 1 amide bonds. The Balaban J connectivity index is 1.68. The quantitative estimate of drug-likeness (QED) is 0.333. The van der Waals surface area contributed by atoms with Crippen molar-refractivity contribution in [1.82, 2.24) is 9.21 Å². The number of sulfonamides is 2. The predicted octanol–water partition coefficient (Wildman–Crippen LogP) is 4.60. The summed E-state index contributed by atoms with van der Waals surface area (Å²) in [7, 11) is -6.22. The Morgan fingerprint density at radius 3 is 2.23 bits per heavy atom. The van der Waals surface area contributed by atoms with E-state index in [4.69, 9.17) is 9.47 Å². The van der Waals surface area contributed by atoms with E-state index in [1.807, 2.05) is 13.8 Å². The van der Waals surface area contributed by atoms with Crippen LogP contribution in [-0.4, -0.2) is 88.7 Å². The van der Waals surface area contributed by atoms with Gasteiger partial charge in [0.05, 0.1) is 40.2 Å². The zero-order valence-electron chi connectivity index (χ0n) is 27.3. The van der Waals surface area contributed by atoms with Crippen molar-refractivity contribution in [2.45, 2.75) is 68.1 Å². The zero-order valence-corrected chi connectivity index (χ0v) is 28.9. The van der Waals surface area contributed by atoms with E-state index in [0.717, 1.165) is 12.8 Å². The number of carbonyl (C=O) groups is 1. The van der Waals surface area contributed by atoms with Gasteiger partial charge in [0.2, 0.25) is 10.0 Å². The van der Waals surface area contributed by atoms with Gasteiger partial charge in [-0.15, -0.1) is 0 Å². The molecule has 11 nitrogen and oxygen atoms in total. The summed E-state index contributed by atoms with van der Waals surface area (Å²) in [6.07, 6.45) is 1.32. The summed E-state index contributed by atoms with van der Waals surface area (Å²) < 4.78 is 69.2. The number of benzene rings is 3. The number of hydrogen-bond donors (Lipinski definition) is 2. The summed E-state index contributed by atoms with van der Waals surface area (Å²) in [6, 6.07) is 20.1. The number of nitrogens with zero attached hydrogens (tertiary/aromatic N) is 2. The molecule has 4 atom stereocenters. The molecule has 0 aliphatic carbocycles. The van der Waals surface area contributed by atoms with Gasteiger partial charge in [-0.1, -0.05) is 43.3 Å². The van der Waals surface area contributed by atoms with Crippen molar-refractivity contribution in [3.05, 3.63) is 84.4 Å². The number of aliphatic hydroxyl groups excluding tert-OH is 1. The second-order valence-corrected chi connectivity index (χ2v) is 15.8. The Morgan fingerprint density at radius 2 is 1.60 bits per heavy atom. The maximum Gasteiger partial charge on any atom is 0.261 e. The molecule has 0 fully saturated rings. The smallest absolute Gasteiger partial charge is 0.261 e. The molecule has 0 saturated carbocycles. The van der Waals surface area contributed by atoms with Crippen LogP contribution in [0, 0.1) is 5.92 Å². The number of fused-ring (bicyclic) bond motifs is 1. The minimum absolute atomic E-state index is 0.0510. The molecule has 4 rings (SSSR count). The van der Waals surface area contributed by atoms with Crippen molar-refractivity contribution in [2.24, 2.45) is 5.92 Å². The van der Waals surface area contributed by atoms with Crippen molar-refractivity contribution in [3.8, 4) is 5.75 Å². The van der Waals surface area contributed by atoms with Crippen LogP contribution in [0.2, 0.25) is 0 Å². The van der Waals surface area contributed by atoms with Crippen LogP contribution in [-0.2, 0) is 24.8 Å². The highest BCUT2D eigenvalue weighted by Gasteiger charge is 2.32. The molecule has 0 bridgehead atoms. The highest BCUT2D eigenvalue weighted by atomic mass is 32.2. The third-order valence-corrected chi connectivity index (χ3v) is 11.5. The summed E-state index contributed by atoms with van der Waals surface area (Å²) in [5.74, 6) is -0.527. The normalized spacial score (nSPS) is 20.9. The lowest BCUT2D eigenvalue weighted by Crippen LogP contribution is -2.48. The predicted molar refractivity (Wildman–Crippen MR) is 180 cm³/mol. The van der Waals surface area contributed by atoms with Gasteiger partial charge in [0, 0.05) is 38.3 Å². The first-order chi connectivity index (χ1) is 22.3. The van der Waals surface area contributed by atoms with Crippen LogP contribution in [0.1, 0.15) is 50.4 Å². The van der Waals surface area contributed by atoms with Crippen molar-refractivity contribution in [1.29, 1.82) is 0 Å². The largest absolute Gasteiger partial charge is 0.490 e. The number of aliphatic hydroxyl groups is 1. The number of anilines is 1. The fraction of sp³-hybridized carbons (Fsp3) is 0.441. The molecule has 1 aliphatic rings. The molecule has 256 valence electrons. The van der Waals surface area contributed by atoms with Crippen LogP contribution in [0.5, 0.6) is 5.75 Å². The standard InChI is InChI=1S/C34H45N3O8S2/c1-25-22-37(26(2)24-38)34(39)31-21-28(35-46(40,41)29-14-7-5-8-15-29)18-19-32(31)45-27(3)13-11-12-20-44-33(25)23-36(4)47(42,43)30-16-9-6-10-17-30/h5-10,14-19,21,25-27,33,35,38H,11-13,20,22-24H2,1-4H3/t25-,26+,27-,33-/m0/s1. The average Bonchev–Trinajstić information content (AvgIpc) is 3.06.